The van der Waals surface area contributed by atoms with Crippen LogP contribution in [0.1, 0.15) is 44.0 Å². The number of likely N-dealkylation sites (N-methyl/N-ethyl adjacent to an activating group) is 1. The number of benzene rings is 2. The van der Waals surface area contributed by atoms with Gasteiger partial charge in [0.25, 0.3) is 0 Å². The summed E-state index contributed by atoms with van der Waals surface area (Å²) in [6.45, 7) is 8.19. The van der Waals surface area contributed by atoms with Crippen LogP contribution in [0.25, 0.3) is 11.8 Å². The number of hydrogen-bond donors (Lipinski definition) is 1. The number of aromatic nitrogens is 2. The fourth-order valence-electron chi connectivity index (χ4n) is 5.88. The van der Waals surface area contributed by atoms with Gasteiger partial charge in [0.1, 0.15) is 5.82 Å². The van der Waals surface area contributed by atoms with Crippen LogP contribution in [0.5, 0.6) is 0 Å². The fraction of sp³-hybridized carbons (Fsp3) is 0.433. The van der Waals surface area contributed by atoms with E-state index in [0.29, 0.717) is 43.9 Å². The predicted octanol–water partition coefficient (Wildman–Crippen LogP) is 4.25. The number of aliphatic hydroxyl groups excluding tert-OH is 1. The van der Waals surface area contributed by atoms with Gasteiger partial charge in [-0.1, -0.05) is 38.5 Å². The lowest BCUT2D eigenvalue weighted by Gasteiger charge is -2.47. The molecule has 0 unspecified atom stereocenters. The van der Waals surface area contributed by atoms with Crippen LogP contribution >= 0.6 is 0 Å². The van der Waals surface area contributed by atoms with Crippen molar-refractivity contribution < 1.29 is 17.9 Å². The van der Waals surface area contributed by atoms with Crippen LogP contribution in [0.3, 0.4) is 0 Å². The van der Waals surface area contributed by atoms with Gasteiger partial charge in [-0.2, -0.15) is 9.40 Å². The Morgan fingerprint density at radius 1 is 1.10 bits per heavy atom. The standard InChI is InChI=1S/C30H37FN4O3S/c1-29(2,3)23-5-11-27(12-6-23)39(37,38)34-14-13-24-17-28-22(18-30(24,21-34)20-33(4)15-16-36)19-32-35(28)26-9-7-25(31)8-10-26/h5-12,17,19,36H,13-16,18,20-21H2,1-4H3/t30-/m0/s1. The second-order valence-corrected chi connectivity index (χ2v) is 13.8. The molecule has 1 fully saturated rings. The van der Waals surface area contributed by atoms with E-state index in [0.717, 1.165) is 22.5 Å². The van der Waals surface area contributed by atoms with E-state index < -0.39 is 15.4 Å². The lowest BCUT2D eigenvalue weighted by Crippen LogP contribution is -2.53. The maximum absolute atomic E-state index is 13.8. The summed E-state index contributed by atoms with van der Waals surface area (Å²) in [5.74, 6) is -0.300. The Kier molecular flexibility index (Phi) is 7.30. The van der Waals surface area contributed by atoms with Gasteiger partial charge in [0, 0.05) is 31.6 Å². The summed E-state index contributed by atoms with van der Waals surface area (Å²) in [7, 11) is -1.74. The monoisotopic (exact) mass is 552 g/mol. The average molecular weight is 553 g/mol. The van der Waals surface area contributed by atoms with Crippen molar-refractivity contribution in [2.24, 2.45) is 5.41 Å². The number of sulfonamides is 1. The first-order chi connectivity index (χ1) is 18.4. The zero-order valence-electron chi connectivity index (χ0n) is 23.1. The molecule has 2 heterocycles. The van der Waals surface area contributed by atoms with E-state index in [1.165, 1.54) is 17.7 Å². The van der Waals surface area contributed by atoms with Crippen LogP contribution in [0.15, 0.2) is 65.2 Å². The molecule has 0 radical (unpaired) electrons. The van der Waals surface area contributed by atoms with Gasteiger partial charge in [0.05, 0.1) is 29.1 Å². The molecular weight excluding hydrogens is 515 g/mol. The first-order valence-electron chi connectivity index (χ1n) is 13.4. The van der Waals surface area contributed by atoms with E-state index in [1.54, 1.807) is 28.6 Å². The first-order valence-corrected chi connectivity index (χ1v) is 14.8. The minimum absolute atomic E-state index is 0.0293. The minimum Gasteiger partial charge on any atom is -0.395 e. The van der Waals surface area contributed by atoms with E-state index in [1.807, 2.05) is 30.1 Å². The van der Waals surface area contributed by atoms with E-state index in [-0.39, 0.29) is 17.8 Å². The van der Waals surface area contributed by atoms with Crippen molar-refractivity contribution in [1.82, 2.24) is 19.0 Å². The molecule has 5 rings (SSSR count). The van der Waals surface area contributed by atoms with Gasteiger partial charge in [-0.15, -0.1) is 0 Å². The second-order valence-electron chi connectivity index (χ2n) is 11.9. The summed E-state index contributed by atoms with van der Waals surface area (Å²) >= 11 is 0. The number of hydrogen-bond acceptors (Lipinski definition) is 5. The predicted molar refractivity (Wildman–Crippen MR) is 151 cm³/mol. The van der Waals surface area contributed by atoms with Gasteiger partial charge in [0.15, 0.2) is 0 Å². The molecule has 0 bridgehead atoms. The molecule has 1 saturated heterocycles. The molecule has 1 N–H and O–H groups in total. The van der Waals surface area contributed by atoms with Crippen molar-refractivity contribution in [2.75, 3.05) is 39.8 Å². The highest BCUT2D eigenvalue weighted by Crippen LogP contribution is 2.46. The van der Waals surface area contributed by atoms with Gasteiger partial charge < -0.3 is 10.0 Å². The lowest BCUT2D eigenvalue weighted by atomic mass is 9.68. The van der Waals surface area contributed by atoms with Crippen molar-refractivity contribution in [3.05, 3.63) is 82.9 Å². The summed E-state index contributed by atoms with van der Waals surface area (Å²) in [6.07, 6.45) is 5.20. The summed E-state index contributed by atoms with van der Waals surface area (Å²) < 4.78 is 44.7. The number of aliphatic hydroxyl groups is 1. The molecule has 2 aliphatic rings. The number of fused-ring (bicyclic) bond motifs is 2. The molecule has 9 heteroatoms. The lowest BCUT2D eigenvalue weighted by molar-refractivity contribution is 0.130. The highest BCUT2D eigenvalue weighted by atomic mass is 32.2. The summed E-state index contributed by atoms with van der Waals surface area (Å²) in [5, 5.41) is 14.2. The van der Waals surface area contributed by atoms with Crippen LogP contribution in [0.2, 0.25) is 0 Å². The summed E-state index contributed by atoms with van der Waals surface area (Å²) in [4.78, 5) is 2.37. The third-order valence-electron chi connectivity index (χ3n) is 8.00. The molecule has 0 saturated carbocycles. The van der Waals surface area contributed by atoms with Gasteiger partial charge in [-0.05, 0) is 78.9 Å². The van der Waals surface area contributed by atoms with Crippen LogP contribution in [-0.4, -0.2) is 72.3 Å². The average Bonchev–Trinajstić information content (AvgIpc) is 3.29. The Morgan fingerprint density at radius 2 is 1.79 bits per heavy atom. The molecule has 1 aliphatic carbocycles. The molecule has 1 aliphatic heterocycles. The van der Waals surface area contributed by atoms with Crippen molar-refractivity contribution in [3.63, 3.8) is 0 Å². The third-order valence-corrected chi connectivity index (χ3v) is 9.86. The maximum atomic E-state index is 13.8. The number of rotatable bonds is 7. The van der Waals surface area contributed by atoms with E-state index in [2.05, 4.69) is 36.8 Å². The van der Waals surface area contributed by atoms with Crippen molar-refractivity contribution in [2.45, 2.75) is 43.9 Å². The smallest absolute Gasteiger partial charge is 0.243 e. The zero-order valence-corrected chi connectivity index (χ0v) is 23.9. The molecular formula is C30H37FN4O3S. The number of nitrogens with zero attached hydrogens (tertiary/aromatic N) is 4. The van der Waals surface area contributed by atoms with Gasteiger partial charge in [-0.3, -0.25) is 0 Å². The normalized spacial score (nSPS) is 20.0. The highest BCUT2D eigenvalue weighted by Gasteiger charge is 2.46. The van der Waals surface area contributed by atoms with E-state index in [9.17, 15) is 17.9 Å². The molecule has 0 spiro atoms. The van der Waals surface area contributed by atoms with Crippen molar-refractivity contribution in [1.29, 1.82) is 0 Å². The molecule has 0 amide bonds. The fourth-order valence-corrected chi connectivity index (χ4v) is 7.40. The Bertz CT molecular complexity index is 1470. The highest BCUT2D eigenvalue weighted by molar-refractivity contribution is 7.89. The van der Waals surface area contributed by atoms with Crippen molar-refractivity contribution in [3.8, 4) is 5.69 Å². The number of piperidine rings is 1. The van der Waals surface area contributed by atoms with E-state index in [4.69, 9.17) is 0 Å². The second kappa shape index (κ2) is 10.3. The Hall–Kier alpha value is -2.85. The first kappa shape index (κ1) is 27.7. The molecule has 7 nitrogen and oxygen atoms in total. The van der Waals surface area contributed by atoms with Crippen LogP contribution in [0.4, 0.5) is 4.39 Å². The Morgan fingerprint density at radius 3 is 2.44 bits per heavy atom. The summed E-state index contributed by atoms with van der Waals surface area (Å²) in [5.41, 5.74) is 4.50. The molecule has 1 aromatic heterocycles. The third kappa shape index (κ3) is 5.33. The number of halogens is 1. The van der Waals surface area contributed by atoms with Gasteiger partial charge in [-0.25, -0.2) is 17.5 Å². The van der Waals surface area contributed by atoms with Crippen LogP contribution in [-0.2, 0) is 21.9 Å². The Labute approximate surface area is 230 Å². The Balaban J connectivity index is 1.50. The molecule has 3 aromatic rings. The van der Waals surface area contributed by atoms with Gasteiger partial charge in [0.2, 0.25) is 10.0 Å². The minimum atomic E-state index is -3.70. The molecule has 1 atom stereocenters. The maximum Gasteiger partial charge on any atom is 0.243 e. The topological polar surface area (TPSA) is 78.7 Å². The van der Waals surface area contributed by atoms with E-state index >= 15 is 0 Å². The molecule has 39 heavy (non-hydrogen) atoms. The van der Waals surface area contributed by atoms with Gasteiger partial charge >= 0.3 is 0 Å². The summed E-state index contributed by atoms with van der Waals surface area (Å²) in [6, 6.07) is 13.5. The van der Waals surface area contributed by atoms with Crippen LogP contribution in [0, 0.1) is 11.2 Å². The van der Waals surface area contributed by atoms with Crippen molar-refractivity contribution >= 4 is 16.1 Å². The SMILES string of the molecule is CN(CCO)C[C@]12Cc3cnn(-c4ccc(F)cc4)c3C=C1CCN(S(=O)(=O)c1ccc(C(C)(C)C)cc1)C2. The largest absolute Gasteiger partial charge is 0.395 e. The van der Waals surface area contributed by atoms with Crippen LogP contribution < -0.4 is 0 Å². The molecule has 208 valence electrons. The zero-order chi connectivity index (χ0) is 28.0. The quantitative estimate of drug-likeness (QED) is 0.474. The molecule has 2 aromatic carbocycles.